The number of rotatable bonds is 5. The number of ether oxygens (including phenoxy) is 1. The van der Waals surface area contributed by atoms with Gasteiger partial charge in [-0.05, 0) is 31.7 Å². The molecule has 1 aromatic heterocycles. The summed E-state index contributed by atoms with van der Waals surface area (Å²) in [5.74, 6) is -1.14. The molecule has 3 rings (SSSR count). The van der Waals surface area contributed by atoms with Gasteiger partial charge in [-0.3, -0.25) is 4.79 Å². The summed E-state index contributed by atoms with van der Waals surface area (Å²) in [6.07, 6.45) is 4.04. The lowest BCUT2D eigenvalue weighted by Crippen LogP contribution is -2.34. The summed E-state index contributed by atoms with van der Waals surface area (Å²) in [6.45, 7) is 0.316. The molecule has 2 N–H and O–H groups in total. The van der Waals surface area contributed by atoms with Gasteiger partial charge in [-0.2, -0.15) is 0 Å². The molecule has 0 radical (unpaired) electrons. The number of nitrogens with one attached hydrogen (secondary N) is 1. The zero-order chi connectivity index (χ0) is 15.0. The maximum Gasteiger partial charge on any atom is 0.332 e. The zero-order valence-electron chi connectivity index (χ0n) is 11.4. The van der Waals surface area contributed by atoms with Crippen LogP contribution in [0.4, 0.5) is 0 Å². The maximum absolute atomic E-state index is 12.2. The first kappa shape index (κ1) is 14.4. The Labute approximate surface area is 127 Å². The van der Waals surface area contributed by atoms with Crippen LogP contribution in [0.2, 0.25) is 5.02 Å². The van der Waals surface area contributed by atoms with Crippen molar-refractivity contribution >= 4 is 23.5 Å². The van der Waals surface area contributed by atoms with E-state index >= 15 is 0 Å². The van der Waals surface area contributed by atoms with Gasteiger partial charge in [0.05, 0.1) is 11.1 Å². The van der Waals surface area contributed by atoms with Crippen LogP contribution in [0, 0.1) is 0 Å². The van der Waals surface area contributed by atoms with Gasteiger partial charge in [0.15, 0.2) is 6.10 Å². The monoisotopic (exact) mass is 312 g/mol. The number of halogens is 1. The van der Waals surface area contributed by atoms with E-state index in [4.69, 9.17) is 21.4 Å². The van der Waals surface area contributed by atoms with Crippen LogP contribution in [0.1, 0.15) is 42.2 Å². The molecule has 0 aromatic carbocycles. The number of hydrogen-bond acceptors (Lipinski definition) is 3. The quantitative estimate of drug-likeness (QED) is 0.869. The highest BCUT2D eigenvalue weighted by Crippen LogP contribution is 2.37. The number of carboxylic acids is 1. The van der Waals surface area contributed by atoms with Crippen molar-refractivity contribution in [1.82, 2.24) is 9.88 Å². The lowest BCUT2D eigenvalue weighted by molar-refractivity contribution is -0.149. The molecular weight excluding hydrogens is 296 g/mol. The molecule has 1 aliphatic carbocycles. The van der Waals surface area contributed by atoms with Crippen molar-refractivity contribution in [2.24, 2.45) is 0 Å². The average molecular weight is 313 g/mol. The summed E-state index contributed by atoms with van der Waals surface area (Å²) in [6, 6.07) is 2.03. The molecular formula is C14H17ClN2O4. The van der Waals surface area contributed by atoms with Crippen LogP contribution in [0.3, 0.4) is 0 Å². The fourth-order valence-electron chi connectivity index (χ4n) is 2.62. The minimum Gasteiger partial charge on any atom is -0.479 e. The number of aliphatic carboxylic acids is 1. The van der Waals surface area contributed by atoms with E-state index in [1.807, 2.05) is 4.57 Å². The van der Waals surface area contributed by atoms with Crippen LogP contribution >= 0.6 is 11.6 Å². The van der Waals surface area contributed by atoms with Gasteiger partial charge in [0.1, 0.15) is 5.69 Å². The van der Waals surface area contributed by atoms with Crippen LogP contribution < -0.4 is 5.32 Å². The number of nitrogens with zero attached hydrogens (tertiary/aromatic N) is 1. The molecule has 2 atom stereocenters. The Morgan fingerprint density at radius 1 is 1.38 bits per heavy atom. The molecule has 6 nitrogen and oxygen atoms in total. The zero-order valence-corrected chi connectivity index (χ0v) is 12.2. The molecule has 0 spiro atoms. The van der Waals surface area contributed by atoms with Gasteiger partial charge in [0.2, 0.25) is 0 Å². The third kappa shape index (κ3) is 3.22. The van der Waals surface area contributed by atoms with Crippen molar-refractivity contribution in [1.29, 1.82) is 0 Å². The first-order valence-corrected chi connectivity index (χ1v) is 7.46. The SMILES string of the molecule is O=C(NCC1CCC(C(=O)O)O1)c1cc(Cl)cn1C1CC1. The molecule has 2 aliphatic rings. The van der Waals surface area contributed by atoms with E-state index < -0.39 is 12.1 Å². The molecule has 1 amide bonds. The number of hydrogen-bond donors (Lipinski definition) is 2. The summed E-state index contributed by atoms with van der Waals surface area (Å²) in [5, 5.41) is 12.2. The van der Waals surface area contributed by atoms with Crippen LogP contribution in [-0.4, -0.2) is 40.3 Å². The summed E-state index contributed by atoms with van der Waals surface area (Å²) in [7, 11) is 0. The topological polar surface area (TPSA) is 80.6 Å². The Kier molecular flexibility index (Phi) is 3.91. The van der Waals surface area contributed by atoms with E-state index in [0.29, 0.717) is 36.1 Å². The van der Waals surface area contributed by atoms with Crippen molar-refractivity contribution in [3.8, 4) is 0 Å². The smallest absolute Gasteiger partial charge is 0.332 e. The number of amides is 1. The molecule has 2 heterocycles. The molecule has 2 fully saturated rings. The molecule has 1 aromatic rings. The van der Waals surface area contributed by atoms with Crippen LogP contribution in [0.5, 0.6) is 0 Å². The summed E-state index contributed by atoms with van der Waals surface area (Å²) >= 11 is 5.97. The first-order valence-electron chi connectivity index (χ1n) is 7.08. The minimum atomic E-state index is -0.946. The summed E-state index contributed by atoms with van der Waals surface area (Å²) in [4.78, 5) is 23.0. The molecule has 7 heteroatoms. The number of carbonyl (C=O) groups excluding carboxylic acids is 1. The average Bonchev–Trinajstić information content (AvgIpc) is 3.04. The van der Waals surface area contributed by atoms with Crippen LogP contribution in [0.25, 0.3) is 0 Å². The van der Waals surface area contributed by atoms with E-state index in [1.54, 1.807) is 12.3 Å². The van der Waals surface area contributed by atoms with Crippen molar-refractivity contribution in [2.75, 3.05) is 6.54 Å². The first-order chi connectivity index (χ1) is 10.0. The van der Waals surface area contributed by atoms with Gasteiger partial charge < -0.3 is 19.7 Å². The summed E-state index contributed by atoms with van der Waals surface area (Å²) in [5.41, 5.74) is 0.551. The highest BCUT2D eigenvalue weighted by Gasteiger charge is 2.31. The minimum absolute atomic E-state index is 0.198. The Bertz CT molecular complexity index is 567. The van der Waals surface area contributed by atoms with Crippen molar-refractivity contribution in [2.45, 2.75) is 43.9 Å². The summed E-state index contributed by atoms with van der Waals surface area (Å²) < 4.78 is 7.27. The van der Waals surface area contributed by atoms with Crippen molar-refractivity contribution in [3.05, 3.63) is 23.0 Å². The predicted octanol–water partition coefficient (Wildman–Crippen LogP) is 1.84. The van der Waals surface area contributed by atoms with Gasteiger partial charge in [-0.25, -0.2) is 4.79 Å². The third-order valence-electron chi connectivity index (χ3n) is 3.86. The van der Waals surface area contributed by atoms with Crippen LogP contribution in [0.15, 0.2) is 12.3 Å². The van der Waals surface area contributed by atoms with Gasteiger partial charge in [-0.1, -0.05) is 11.6 Å². The maximum atomic E-state index is 12.2. The van der Waals surface area contributed by atoms with Gasteiger partial charge in [0.25, 0.3) is 5.91 Å². The van der Waals surface area contributed by atoms with E-state index in [9.17, 15) is 9.59 Å². The molecule has 1 saturated carbocycles. The second-order valence-electron chi connectivity index (χ2n) is 5.55. The van der Waals surface area contributed by atoms with E-state index in [-0.39, 0.29) is 12.0 Å². The molecule has 21 heavy (non-hydrogen) atoms. The van der Waals surface area contributed by atoms with E-state index in [2.05, 4.69) is 5.32 Å². The Morgan fingerprint density at radius 2 is 2.14 bits per heavy atom. The number of carboxylic acid groups (broad SMARTS) is 1. The molecule has 2 unspecified atom stereocenters. The van der Waals surface area contributed by atoms with Crippen molar-refractivity contribution in [3.63, 3.8) is 0 Å². The lowest BCUT2D eigenvalue weighted by Gasteiger charge is -2.13. The van der Waals surface area contributed by atoms with Gasteiger partial charge >= 0.3 is 5.97 Å². The van der Waals surface area contributed by atoms with E-state index in [1.165, 1.54) is 0 Å². The second kappa shape index (κ2) is 5.69. The number of carbonyl (C=O) groups is 2. The highest BCUT2D eigenvalue weighted by atomic mass is 35.5. The Morgan fingerprint density at radius 3 is 2.76 bits per heavy atom. The number of aromatic nitrogens is 1. The normalized spacial score (nSPS) is 25.0. The van der Waals surface area contributed by atoms with E-state index in [0.717, 1.165) is 12.8 Å². The Balaban J connectivity index is 1.56. The molecule has 1 aliphatic heterocycles. The Hall–Kier alpha value is -1.53. The fourth-order valence-corrected chi connectivity index (χ4v) is 2.83. The van der Waals surface area contributed by atoms with Gasteiger partial charge in [0, 0.05) is 18.8 Å². The van der Waals surface area contributed by atoms with Crippen molar-refractivity contribution < 1.29 is 19.4 Å². The molecule has 1 saturated heterocycles. The standard InChI is InChI=1S/C14H17ClN2O4/c15-8-5-11(17(7-8)9-1-2-9)13(18)16-6-10-3-4-12(21-10)14(19)20/h5,7,9-10,12H,1-4,6H2,(H,16,18)(H,19,20). The third-order valence-corrected chi connectivity index (χ3v) is 4.07. The fraction of sp³-hybridized carbons (Fsp3) is 0.571. The molecule has 114 valence electrons. The lowest BCUT2D eigenvalue weighted by atomic mass is 10.2. The largest absolute Gasteiger partial charge is 0.479 e. The molecule has 0 bridgehead atoms. The second-order valence-corrected chi connectivity index (χ2v) is 5.99. The highest BCUT2D eigenvalue weighted by molar-refractivity contribution is 6.31. The predicted molar refractivity (Wildman–Crippen MR) is 75.6 cm³/mol. The van der Waals surface area contributed by atoms with Gasteiger partial charge in [-0.15, -0.1) is 0 Å². The van der Waals surface area contributed by atoms with Crippen LogP contribution in [-0.2, 0) is 9.53 Å².